The molecule has 0 saturated carbocycles. The van der Waals surface area contributed by atoms with Gasteiger partial charge in [0.05, 0.1) is 16.2 Å². The summed E-state index contributed by atoms with van der Waals surface area (Å²) in [7, 11) is 0. The van der Waals surface area contributed by atoms with Gasteiger partial charge >= 0.3 is 6.18 Å². The fourth-order valence-corrected chi connectivity index (χ4v) is 4.12. The van der Waals surface area contributed by atoms with Crippen molar-refractivity contribution in [3.63, 3.8) is 0 Å². The molecule has 0 radical (unpaired) electrons. The molecule has 1 aromatic carbocycles. The van der Waals surface area contributed by atoms with E-state index < -0.39 is 17.6 Å². The van der Waals surface area contributed by atoms with Gasteiger partial charge < -0.3 is 5.32 Å². The number of carbonyl (C=O) groups is 2. The lowest BCUT2D eigenvalue weighted by atomic mass is 10.2. The van der Waals surface area contributed by atoms with Crippen LogP contribution < -0.4 is 10.6 Å². The molecule has 3 aromatic rings. The van der Waals surface area contributed by atoms with Crippen molar-refractivity contribution >= 4 is 57.1 Å². The summed E-state index contributed by atoms with van der Waals surface area (Å²) in [6.07, 6.45) is -4.42. The SMILES string of the molecule is O=C(CSc1nnc(NC(=O)c2cccs2)s1)Nc1ccc(C(F)(F)F)cc1. The molecule has 0 spiro atoms. The fraction of sp³-hybridized carbons (Fsp3) is 0.125. The van der Waals surface area contributed by atoms with Gasteiger partial charge in [0.2, 0.25) is 11.0 Å². The minimum absolute atomic E-state index is 0.00543. The molecule has 3 rings (SSSR count). The predicted octanol–water partition coefficient (Wildman–Crippen LogP) is 4.60. The third-order valence-corrected chi connectivity index (χ3v) is 6.04. The number of nitrogens with one attached hydrogen (secondary N) is 2. The Morgan fingerprint density at radius 2 is 1.82 bits per heavy atom. The Hall–Kier alpha value is -2.44. The third kappa shape index (κ3) is 5.53. The quantitative estimate of drug-likeness (QED) is 0.429. The number of nitrogens with zero attached hydrogens (tertiary/aromatic N) is 2. The van der Waals surface area contributed by atoms with Gasteiger partial charge in [0, 0.05) is 5.69 Å². The summed E-state index contributed by atoms with van der Waals surface area (Å²) in [5.74, 6) is -0.694. The molecule has 6 nitrogen and oxygen atoms in total. The highest BCUT2D eigenvalue weighted by Gasteiger charge is 2.30. The van der Waals surface area contributed by atoms with Crippen LogP contribution >= 0.6 is 34.4 Å². The van der Waals surface area contributed by atoms with Crippen LogP contribution in [-0.4, -0.2) is 27.8 Å². The fourth-order valence-electron chi connectivity index (χ4n) is 1.95. The summed E-state index contributed by atoms with van der Waals surface area (Å²) < 4.78 is 38.0. The number of alkyl halides is 3. The molecule has 0 bridgehead atoms. The topological polar surface area (TPSA) is 84.0 Å². The Morgan fingerprint density at radius 3 is 2.46 bits per heavy atom. The number of thiophene rings is 1. The number of hydrogen-bond donors (Lipinski definition) is 2. The zero-order chi connectivity index (χ0) is 20.1. The summed E-state index contributed by atoms with van der Waals surface area (Å²) in [4.78, 5) is 24.4. The molecule has 2 N–H and O–H groups in total. The molecule has 2 amide bonds. The normalized spacial score (nSPS) is 11.2. The Balaban J connectivity index is 1.48. The van der Waals surface area contributed by atoms with Crippen molar-refractivity contribution in [2.75, 3.05) is 16.4 Å². The summed E-state index contributed by atoms with van der Waals surface area (Å²) >= 11 is 3.52. The van der Waals surface area contributed by atoms with Crippen molar-refractivity contribution < 1.29 is 22.8 Å². The van der Waals surface area contributed by atoms with Crippen LogP contribution in [0.25, 0.3) is 0 Å². The highest BCUT2D eigenvalue weighted by atomic mass is 32.2. The smallest absolute Gasteiger partial charge is 0.325 e. The highest BCUT2D eigenvalue weighted by molar-refractivity contribution is 8.01. The summed E-state index contributed by atoms with van der Waals surface area (Å²) in [6.45, 7) is 0. The van der Waals surface area contributed by atoms with Crippen LogP contribution in [0.4, 0.5) is 24.0 Å². The Morgan fingerprint density at radius 1 is 1.07 bits per heavy atom. The van der Waals surface area contributed by atoms with E-state index in [9.17, 15) is 22.8 Å². The molecule has 146 valence electrons. The molecular weight excluding hydrogens is 433 g/mol. The standard InChI is InChI=1S/C16H11F3N4O2S3/c17-16(18,19)9-3-5-10(6-4-9)20-12(24)8-27-15-23-22-14(28-15)21-13(25)11-2-1-7-26-11/h1-7H,8H2,(H,20,24)(H,21,22,25). The lowest BCUT2D eigenvalue weighted by Gasteiger charge is -2.08. The number of benzene rings is 1. The molecule has 12 heteroatoms. The average molecular weight is 444 g/mol. The first-order valence-corrected chi connectivity index (χ1v) is 10.3. The molecule has 2 heterocycles. The van der Waals surface area contributed by atoms with E-state index in [-0.39, 0.29) is 17.3 Å². The number of carbonyl (C=O) groups excluding carboxylic acids is 2. The molecule has 0 atom stereocenters. The van der Waals surface area contributed by atoms with Crippen molar-refractivity contribution in [3.8, 4) is 0 Å². The summed E-state index contributed by atoms with van der Waals surface area (Å²) in [5.41, 5.74) is -0.523. The third-order valence-electron chi connectivity index (χ3n) is 3.19. The predicted molar refractivity (Wildman–Crippen MR) is 103 cm³/mol. The van der Waals surface area contributed by atoms with Gasteiger partial charge in [-0.15, -0.1) is 21.5 Å². The maximum absolute atomic E-state index is 12.5. The largest absolute Gasteiger partial charge is 0.416 e. The van der Waals surface area contributed by atoms with Crippen LogP contribution in [0.15, 0.2) is 46.1 Å². The molecule has 0 aliphatic carbocycles. The number of thioether (sulfide) groups is 1. The van der Waals surface area contributed by atoms with E-state index in [1.807, 2.05) is 0 Å². The first-order chi connectivity index (χ1) is 13.3. The number of rotatable bonds is 6. The summed E-state index contributed by atoms with van der Waals surface area (Å²) in [6, 6.07) is 7.62. The first kappa shape index (κ1) is 20.3. The van der Waals surface area contributed by atoms with Gasteiger partial charge in [0.1, 0.15) is 0 Å². The lowest BCUT2D eigenvalue weighted by Crippen LogP contribution is -2.14. The van der Waals surface area contributed by atoms with E-state index in [4.69, 9.17) is 0 Å². The zero-order valence-electron chi connectivity index (χ0n) is 13.8. The molecule has 0 fully saturated rings. The Labute approximate surface area is 169 Å². The minimum Gasteiger partial charge on any atom is -0.325 e. The van der Waals surface area contributed by atoms with E-state index in [0.29, 0.717) is 14.3 Å². The van der Waals surface area contributed by atoms with Gasteiger partial charge in [-0.05, 0) is 35.7 Å². The van der Waals surface area contributed by atoms with Gasteiger partial charge in [0.25, 0.3) is 5.91 Å². The van der Waals surface area contributed by atoms with Gasteiger partial charge in [-0.2, -0.15) is 13.2 Å². The van der Waals surface area contributed by atoms with Crippen molar-refractivity contribution in [3.05, 3.63) is 52.2 Å². The number of anilines is 2. The van der Waals surface area contributed by atoms with E-state index >= 15 is 0 Å². The van der Waals surface area contributed by atoms with Crippen LogP contribution in [-0.2, 0) is 11.0 Å². The van der Waals surface area contributed by atoms with E-state index in [1.165, 1.54) is 23.5 Å². The highest BCUT2D eigenvalue weighted by Crippen LogP contribution is 2.30. The average Bonchev–Trinajstić information content (AvgIpc) is 3.32. The molecule has 0 saturated heterocycles. The van der Waals surface area contributed by atoms with E-state index in [0.717, 1.165) is 35.2 Å². The first-order valence-electron chi connectivity index (χ1n) is 7.59. The van der Waals surface area contributed by atoms with Crippen molar-refractivity contribution in [1.82, 2.24) is 10.2 Å². The maximum atomic E-state index is 12.5. The monoisotopic (exact) mass is 444 g/mol. The van der Waals surface area contributed by atoms with E-state index in [2.05, 4.69) is 20.8 Å². The van der Waals surface area contributed by atoms with Crippen molar-refractivity contribution in [2.45, 2.75) is 10.5 Å². The Bertz CT molecular complexity index is 956. The van der Waals surface area contributed by atoms with E-state index in [1.54, 1.807) is 17.5 Å². The van der Waals surface area contributed by atoms with Crippen LogP contribution in [0.3, 0.4) is 0 Å². The maximum Gasteiger partial charge on any atom is 0.416 e. The summed E-state index contributed by atoms with van der Waals surface area (Å²) in [5, 5.41) is 14.9. The molecule has 28 heavy (non-hydrogen) atoms. The second-order valence-corrected chi connectivity index (χ2v) is 8.36. The number of hydrogen-bond acceptors (Lipinski definition) is 7. The van der Waals surface area contributed by atoms with Crippen molar-refractivity contribution in [2.24, 2.45) is 0 Å². The van der Waals surface area contributed by atoms with Gasteiger partial charge in [-0.1, -0.05) is 29.2 Å². The van der Waals surface area contributed by atoms with Crippen molar-refractivity contribution in [1.29, 1.82) is 0 Å². The van der Waals surface area contributed by atoms with Gasteiger partial charge in [-0.25, -0.2) is 0 Å². The lowest BCUT2D eigenvalue weighted by molar-refractivity contribution is -0.137. The van der Waals surface area contributed by atoms with Crippen LogP contribution in [0, 0.1) is 0 Å². The van der Waals surface area contributed by atoms with Crippen LogP contribution in [0.5, 0.6) is 0 Å². The molecule has 0 aliphatic rings. The number of amides is 2. The molecular formula is C16H11F3N4O2S3. The second kappa shape index (κ2) is 8.71. The molecule has 0 unspecified atom stereocenters. The Kier molecular flexibility index (Phi) is 6.31. The number of aromatic nitrogens is 2. The zero-order valence-corrected chi connectivity index (χ0v) is 16.3. The van der Waals surface area contributed by atoms with Gasteiger partial charge in [-0.3, -0.25) is 14.9 Å². The second-order valence-electron chi connectivity index (χ2n) is 5.22. The molecule has 2 aromatic heterocycles. The van der Waals surface area contributed by atoms with Crippen LogP contribution in [0.2, 0.25) is 0 Å². The van der Waals surface area contributed by atoms with Crippen LogP contribution in [0.1, 0.15) is 15.2 Å². The minimum atomic E-state index is -4.42. The van der Waals surface area contributed by atoms with Gasteiger partial charge in [0.15, 0.2) is 4.34 Å². The molecule has 0 aliphatic heterocycles. The number of halogens is 3.